The molecule has 1 aliphatic heterocycles. The largest absolute Gasteiger partial charge is 0.372 e. The molecule has 0 spiro atoms. The molecule has 3 rings (SSSR count). The number of hydrogen-bond donors (Lipinski definition) is 1. The summed E-state index contributed by atoms with van der Waals surface area (Å²) in [6.45, 7) is 5.22. The zero-order chi connectivity index (χ0) is 16.1. The van der Waals surface area contributed by atoms with Crippen molar-refractivity contribution in [2.45, 2.75) is 38.5 Å². The standard InChI is InChI=1S/C21H28N2/c1-17-5-9-19(10-6-17)20(16-22)15-18-7-11-21(12-8-18)23-13-3-2-4-14-23/h5-12,20H,2-4,13-16,22H2,1H3. The molecule has 1 fully saturated rings. The number of anilines is 1. The molecule has 2 nitrogen and oxygen atoms in total. The topological polar surface area (TPSA) is 29.3 Å². The van der Waals surface area contributed by atoms with Crippen LogP contribution in [0.25, 0.3) is 0 Å². The van der Waals surface area contributed by atoms with Crippen LogP contribution in [0.1, 0.15) is 41.9 Å². The Morgan fingerprint density at radius 2 is 1.57 bits per heavy atom. The summed E-state index contributed by atoms with van der Waals surface area (Å²) in [6, 6.07) is 17.9. The number of rotatable bonds is 5. The number of benzene rings is 2. The van der Waals surface area contributed by atoms with Gasteiger partial charge < -0.3 is 10.6 Å². The Labute approximate surface area is 140 Å². The lowest BCUT2D eigenvalue weighted by atomic mass is 9.91. The molecule has 2 aromatic rings. The molecular formula is C21H28N2. The number of nitrogens with two attached hydrogens (primary N) is 1. The van der Waals surface area contributed by atoms with Crippen molar-refractivity contribution in [2.24, 2.45) is 5.73 Å². The normalized spacial score (nSPS) is 16.3. The maximum Gasteiger partial charge on any atom is 0.0366 e. The van der Waals surface area contributed by atoms with Gasteiger partial charge in [-0.05, 0) is 62.4 Å². The van der Waals surface area contributed by atoms with Crippen molar-refractivity contribution in [1.29, 1.82) is 0 Å². The van der Waals surface area contributed by atoms with E-state index in [9.17, 15) is 0 Å². The summed E-state index contributed by atoms with van der Waals surface area (Å²) < 4.78 is 0. The molecule has 2 N–H and O–H groups in total. The lowest BCUT2D eigenvalue weighted by Gasteiger charge is -2.29. The van der Waals surface area contributed by atoms with Crippen LogP contribution in [0.4, 0.5) is 5.69 Å². The maximum absolute atomic E-state index is 6.03. The Hall–Kier alpha value is -1.80. The summed E-state index contributed by atoms with van der Waals surface area (Å²) in [4.78, 5) is 2.51. The van der Waals surface area contributed by atoms with Crippen molar-refractivity contribution < 1.29 is 0 Å². The number of hydrogen-bond acceptors (Lipinski definition) is 2. The third-order valence-corrected chi connectivity index (χ3v) is 4.97. The van der Waals surface area contributed by atoms with Gasteiger partial charge in [-0.3, -0.25) is 0 Å². The van der Waals surface area contributed by atoms with Crippen LogP contribution < -0.4 is 10.6 Å². The fourth-order valence-corrected chi connectivity index (χ4v) is 3.46. The van der Waals surface area contributed by atoms with Gasteiger partial charge in [0.05, 0.1) is 0 Å². The molecule has 0 aliphatic carbocycles. The summed E-state index contributed by atoms with van der Waals surface area (Å²) >= 11 is 0. The van der Waals surface area contributed by atoms with Crippen molar-refractivity contribution in [2.75, 3.05) is 24.5 Å². The second-order valence-electron chi connectivity index (χ2n) is 6.76. The average Bonchev–Trinajstić information content (AvgIpc) is 2.62. The lowest BCUT2D eigenvalue weighted by Crippen LogP contribution is -2.29. The van der Waals surface area contributed by atoms with Crippen LogP contribution in [0.5, 0.6) is 0 Å². The first-order valence-corrected chi connectivity index (χ1v) is 8.87. The third kappa shape index (κ3) is 4.14. The van der Waals surface area contributed by atoms with Gasteiger partial charge in [0, 0.05) is 24.7 Å². The Morgan fingerprint density at radius 1 is 0.913 bits per heavy atom. The van der Waals surface area contributed by atoms with Crippen molar-refractivity contribution >= 4 is 5.69 Å². The van der Waals surface area contributed by atoms with E-state index in [4.69, 9.17) is 5.73 Å². The Kier molecular flexibility index (Phi) is 5.35. The molecule has 23 heavy (non-hydrogen) atoms. The number of nitrogens with zero attached hydrogens (tertiary/aromatic N) is 1. The zero-order valence-corrected chi connectivity index (χ0v) is 14.2. The van der Waals surface area contributed by atoms with E-state index in [2.05, 4.69) is 60.4 Å². The van der Waals surface area contributed by atoms with E-state index in [0.29, 0.717) is 12.5 Å². The fourth-order valence-electron chi connectivity index (χ4n) is 3.46. The lowest BCUT2D eigenvalue weighted by molar-refractivity contribution is 0.578. The minimum Gasteiger partial charge on any atom is -0.372 e. The summed E-state index contributed by atoms with van der Waals surface area (Å²) in [6.07, 6.45) is 5.04. The van der Waals surface area contributed by atoms with Gasteiger partial charge in [-0.15, -0.1) is 0 Å². The van der Waals surface area contributed by atoms with Gasteiger partial charge in [0.1, 0.15) is 0 Å². The fraction of sp³-hybridized carbons (Fsp3) is 0.429. The van der Waals surface area contributed by atoms with E-state index in [0.717, 1.165) is 6.42 Å². The van der Waals surface area contributed by atoms with E-state index in [1.54, 1.807) is 0 Å². The molecular weight excluding hydrogens is 280 g/mol. The molecule has 0 amide bonds. The van der Waals surface area contributed by atoms with E-state index in [-0.39, 0.29) is 0 Å². The van der Waals surface area contributed by atoms with E-state index >= 15 is 0 Å². The van der Waals surface area contributed by atoms with Crippen LogP contribution in [0.15, 0.2) is 48.5 Å². The highest BCUT2D eigenvalue weighted by Crippen LogP contribution is 2.24. The zero-order valence-electron chi connectivity index (χ0n) is 14.2. The Morgan fingerprint density at radius 3 is 2.17 bits per heavy atom. The van der Waals surface area contributed by atoms with Crippen LogP contribution in [0.2, 0.25) is 0 Å². The minimum atomic E-state index is 0.399. The van der Waals surface area contributed by atoms with Gasteiger partial charge in [-0.2, -0.15) is 0 Å². The first-order chi connectivity index (χ1) is 11.3. The maximum atomic E-state index is 6.03. The van der Waals surface area contributed by atoms with Crippen molar-refractivity contribution in [3.05, 3.63) is 65.2 Å². The van der Waals surface area contributed by atoms with Crippen molar-refractivity contribution in [3.63, 3.8) is 0 Å². The second kappa shape index (κ2) is 7.65. The first-order valence-electron chi connectivity index (χ1n) is 8.87. The van der Waals surface area contributed by atoms with Crippen molar-refractivity contribution in [3.8, 4) is 0 Å². The smallest absolute Gasteiger partial charge is 0.0366 e. The minimum absolute atomic E-state index is 0.399. The molecule has 1 saturated heterocycles. The van der Waals surface area contributed by atoms with Crippen LogP contribution >= 0.6 is 0 Å². The summed E-state index contributed by atoms with van der Waals surface area (Å²) in [7, 11) is 0. The highest BCUT2D eigenvalue weighted by molar-refractivity contribution is 5.48. The number of piperidine rings is 1. The Balaban J connectivity index is 1.67. The van der Waals surface area contributed by atoms with E-state index < -0.39 is 0 Å². The van der Waals surface area contributed by atoms with E-state index in [1.807, 2.05) is 0 Å². The monoisotopic (exact) mass is 308 g/mol. The van der Waals surface area contributed by atoms with Crippen LogP contribution in [0.3, 0.4) is 0 Å². The Bertz CT molecular complexity index is 595. The van der Waals surface area contributed by atoms with Gasteiger partial charge in [0.15, 0.2) is 0 Å². The highest BCUT2D eigenvalue weighted by Gasteiger charge is 2.13. The molecule has 1 unspecified atom stereocenters. The molecule has 0 bridgehead atoms. The van der Waals surface area contributed by atoms with Gasteiger partial charge in [-0.1, -0.05) is 42.0 Å². The SMILES string of the molecule is Cc1ccc(C(CN)Cc2ccc(N3CCCCC3)cc2)cc1. The van der Waals surface area contributed by atoms with Crippen LogP contribution in [0, 0.1) is 6.92 Å². The predicted octanol–water partition coefficient (Wildman–Crippen LogP) is 4.27. The molecule has 2 aromatic carbocycles. The number of aryl methyl sites for hydroxylation is 1. The molecule has 0 aromatic heterocycles. The highest BCUT2D eigenvalue weighted by atomic mass is 15.1. The first kappa shape index (κ1) is 16.1. The quantitative estimate of drug-likeness (QED) is 0.893. The van der Waals surface area contributed by atoms with E-state index in [1.165, 1.54) is 54.7 Å². The van der Waals surface area contributed by atoms with Gasteiger partial charge in [0.2, 0.25) is 0 Å². The summed E-state index contributed by atoms with van der Waals surface area (Å²) in [5.74, 6) is 0.399. The molecule has 1 heterocycles. The molecule has 1 atom stereocenters. The van der Waals surface area contributed by atoms with Gasteiger partial charge >= 0.3 is 0 Å². The molecule has 1 aliphatic rings. The second-order valence-corrected chi connectivity index (χ2v) is 6.76. The van der Waals surface area contributed by atoms with Crippen molar-refractivity contribution in [1.82, 2.24) is 0 Å². The average molecular weight is 308 g/mol. The molecule has 0 radical (unpaired) electrons. The molecule has 122 valence electrons. The van der Waals surface area contributed by atoms with Gasteiger partial charge in [0.25, 0.3) is 0 Å². The summed E-state index contributed by atoms with van der Waals surface area (Å²) in [5, 5.41) is 0. The van der Waals surface area contributed by atoms with Crippen LogP contribution in [-0.4, -0.2) is 19.6 Å². The van der Waals surface area contributed by atoms with Gasteiger partial charge in [-0.25, -0.2) is 0 Å². The summed E-state index contributed by atoms with van der Waals surface area (Å²) in [5.41, 5.74) is 11.4. The third-order valence-electron chi connectivity index (χ3n) is 4.97. The predicted molar refractivity (Wildman–Crippen MR) is 99.2 cm³/mol. The van der Waals surface area contributed by atoms with Crippen LogP contribution in [-0.2, 0) is 6.42 Å². The molecule has 2 heteroatoms. The molecule has 0 saturated carbocycles.